The topological polar surface area (TPSA) is 143 Å². The summed E-state index contributed by atoms with van der Waals surface area (Å²) in [7, 11) is 1.74. The van der Waals surface area contributed by atoms with E-state index < -0.39 is 35.2 Å². The van der Waals surface area contributed by atoms with Crippen molar-refractivity contribution >= 4 is 45.9 Å². The van der Waals surface area contributed by atoms with Crippen LogP contribution < -0.4 is 15.6 Å². The van der Waals surface area contributed by atoms with Crippen LogP contribution in [-0.4, -0.2) is 113 Å². The normalized spacial score (nSPS) is 23.1. The third kappa shape index (κ3) is 9.36. The Labute approximate surface area is 369 Å². The molecule has 1 aromatic carbocycles. The minimum absolute atomic E-state index is 0.147. The molecule has 14 nitrogen and oxygen atoms in total. The molecule has 2 N–H and O–H groups in total. The van der Waals surface area contributed by atoms with Gasteiger partial charge in [-0.15, -0.1) is 11.3 Å². The molecule has 3 fully saturated rings. The van der Waals surface area contributed by atoms with E-state index in [9.17, 15) is 14.4 Å². The Morgan fingerprint density at radius 3 is 2.69 bits per heavy atom. The highest BCUT2D eigenvalue weighted by Crippen LogP contribution is 2.43. The van der Waals surface area contributed by atoms with Gasteiger partial charge in [0.25, 0.3) is 5.91 Å². The molecule has 3 saturated heterocycles. The molecule has 0 unspecified atom stereocenters. The third-order valence-electron chi connectivity index (χ3n) is 12.8. The molecule has 6 bridgehead atoms. The quantitative estimate of drug-likeness (QED) is 0.189. The van der Waals surface area contributed by atoms with Crippen molar-refractivity contribution < 1.29 is 28.6 Å². The van der Waals surface area contributed by atoms with Gasteiger partial charge in [-0.1, -0.05) is 26.3 Å². The number of anilines is 1. The van der Waals surface area contributed by atoms with Gasteiger partial charge in [-0.3, -0.25) is 24.5 Å². The Morgan fingerprint density at radius 1 is 1.10 bits per heavy atom. The number of fused-ring (bicyclic) bond motifs is 7. The third-order valence-corrected chi connectivity index (χ3v) is 13.7. The number of thiazole rings is 1. The lowest BCUT2D eigenvalue weighted by Crippen LogP contribution is -2.60. The summed E-state index contributed by atoms with van der Waals surface area (Å²) >= 11 is 1.45. The molecule has 4 aromatic rings. The van der Waals surface area contributed by atoms with Gasteiger partial charge in [0.2, 0.25) is 0 Å². The van der Waals surface area contributed by atoms with E-state index in [1.807, 2.05) is 11.6 Å². The van der Waals surface area contributed by atoms with Crippen molar-refractivity contribution in [1.29, 1.82) is 0 Å². The number of hydrogen-bond donors (Lipinski definition) is 2. The Balaban J connectivity index is 1.25. The summed E-state index contributed by atoms with van der Waals surface area (Å²) in [5.41, 5.74) is 10.0. The Bertz CT molecular complexity index is 2300. The number of ether oxygens (including phenoxy) is 3. The molecule has 62 heavy (non-hydrogen) atoms. The van der Waals surface area contributed by atoms with Gasteiger partial charge < -0.3 is 29.0 Å². The van der Waals surface area contributed by atoms with Gasteiger partial charge in [0.1, 0.15) is 17.7 Å². The van der Waals surface area contributed by atoms with Crippen LogP contribution in [0.5, 0.6) is 0 Å². The zero-order valence-electron chi connectivity index (χ0n) is 37.7. The summed E-state index contributed by atoms with van der Waals surface area (Å²) in [6, 6.07) is 7.70. The highest BCUT2D eigenvalue weighted by atomic mass is 32.1. The van der Waals surface area contributed by atoms with E-state index in [1.165, 1.54) is 42.2 Å². The van der Waals surface area contributed by atoms with Crippen molar-refractivity contribution in [3.05, 3.63) is 52.1 Å². The fourth-order valence-corrected chi connectivity index (χ4v) is 10.5. The number of aryl methyl sites for hydroxylation is 1. The van der Waals surface area contributed by atoms with Gasteiger partial charge >= 0.3 is 12.1 Å². The van der Waals surface area contributed by atoms with E-state index in [-0.39, 0.29) is 25.0 Å². The number of nitrogens with one attached hydrogen (secondary N) is 2. The lowest BCUT2D eigenvalue weighted by atomic mass is 9.84. The monoisotopic (exact) mass is 868 g/mol. The number of nitrogens with zero attached hydrogens (tertiary/aromatic N) is 6. The Morgan fingerprint density at radius 2 is 1.92 bits per heavy atom. The van der Waals surface area contributed by atoms with Crippen molar-refractivity contribution in [3.8, 4) is 22.5 Å². The van der Waals surface area contributed by atoms with Crippen molar-refractivity contribution in [2.24, 2.45) is 5.41 Å². The molecule has 3 aromatic heterocycles. The van der Waals surface area contributed by atoms with Crippen LogP contribution in [0.25, 0.3) is 33.4 Å². The van der Waals surface area contributed by atoms with Gasteiger partial charge in [0, 0.05) is 85.1 Å². The molecule has 0 saturated carbocycles. The summed E-state index contributed by atoms with van der Waals surface area (Å²) in [4.78, 5) is 56.5. The van der Waals surface area contributed by atoms with Crippen LogP contribution in [0.4, 0.5) is 10.5 Å². The Kier molecular flexibility index (Phi) is 12.7. The minimum Gasteiger partial charge on any atom is -0.464 e. The number of alkyl carbamates (subject to hydrolysis) is 1. The number of methoxy groups -OCH3 is 1. The van der Waals surface area contributed by atoms with E-state index in [0.29, 0.717) is 36.9 Å². The van der Waals surface area contributed by atoms with Crippen LogP contribution in [0.1, 0.15) is 103 Å². The summed E-state index contributed by atoms with van der Waals surface area (Å²) in [6.07, 6.45) is 6.71. The van der Waals surface area contributed by atoms with Gasteiger partial charge in [-0.2, -0.15) is 0 Å². The van der Waals surface area contributed by atoms with Crippen LogP contribution in [0.15, 0.2) is 35.8 Å². The number of esters is 1. The van der Waals surface area contributed by atoms with Crippen LogP contribution in [-0.2, 0) is 43.2 Å². The number of piperidine rings is 1. The summed E-state index contributed by atoms with van der Waals surface area (Å²) < 4.78 is 20.1. The van der Waals surface area contributed by atoms with Crippen molar-refractivity contribution in [2.45, 2.75) is 130 Å². The molecule has 4 aliphatic heterocycles. The van der Waals surface area contributed by atoms with Gasteiger partial charge in [0.15, 0.2) is 0 Å². The number of hydrogen-bond acceptors (Lipinski definition) is 12. The number of pyridine rings is 1. The zero-order valence-corrected chi connectivity index (χ0v) is 38.5. The molecule has 4 aliphatic rings. The second kappa shape index (κ2) is 17.9. The predicted molar refractivity (Wildman–Crippen MR) is 242 cm³/mol. The van der Waals surface area contributed by atoms with Crippen LogP contribution in [0.3, 0.4) is 0 Å². The molecule has 2 amide bonds. The lowest BCUT2D eigenvalue weighted by molar-refractivity contribution is -0.155. The maximum atomic E-state index is 14.2. The van der Waals surface area contributed by atoms with E-state index in [0.717, 1.165) is 76.5 Å². The first kappa shape index (κ1) is 44.1. The summed E-state index contributed by atoms with van der Waals surface area (Å²) in [5.74, 6) is -0.786. The fraction of sp³-hybridized carbons (Fsp3) is 0.596. The zero-order chi connectivity index (χ0) is 43.9. The number of benzene rings is 1. The first-order valence-electron chi connectivity index (χ1n) is 22.5. The summed E-state index contributed by atoms with van der Waals surface area (Å²) in [5, 5.41) is 8.04. The van der Waals surface area contributed by atoms with Crippen LogP contribution in [0.2, 0.25) is 0 Å². The fourth-order valence-electron chi connectivity index (χ4n) is 9.61. The number of amides is 2. The van der Waals surface area contributed by atoms with Gasteiger partial charge in [-0.05, 0) is 97.0 Å². The minimum atomic E-state index is -0.987. The van der Waals surface area contributed by atoms with E-state index in [4.69, 9.17) is 24.2 Å². The number of piperazine rings is 1. The lowest BCUT2D eigenvalue weighted by Gasteiger charge is -2.45. The van der Waals surface area contributed by atoms with E-state index in [1.54, 1.807) is 27.9 Å². The first-order chi connectivity index (χ1) is 29.6. The van der Waals surface area contributed by atoms with Gasteiger partial charge in [-0.25, -0.2) is 15.2 Å². The molecule has 15 heteroatoms. The summed E-state index contributed by atoms with van der Waals surface area (Å²) in [6.45, 7) is 19.3. The average molecular weight is 869 g/mol. The number of carbonyl (C=O) groups excluding carboxylic acids is 3. The van der Waals surface area contributed by atoms with Crippen molar-refractivity contribution in [3.63, 3.8) is 0 Å². The van der Waals surface area contributed by atoms with Crippen molar-refractivity contribution in [2.75, 3.05) is 51.3 Å². The maximum absolute atomic E-state index is 14.2. The molecule has 0 aliphatic carbocycles. The molecular formula is C47H64N8O6S. The highest BCUT2D eigenvalue weighted by Gasteiger charge is 2.37. The number of hydrazine groups is 1. The highest BCUT2D eigenvalue weighted by molar-refractivity contribution is 7.10. The molecule has 0 spiro atoms. The predicted octanol–water partition coefficient (Wildman–Crippen LogP) is 7.29. The number of aromatic nitrogens is 3. The van der Waals surface area contributed by atoms with E-state index >= 15 is 0 Å². The molecule has 4 atom stereocenters. The molecular weight excluding hydrogens is 805 g/mol. The smallest absolute Gasteiger partial charge is 0.408 e. The van der Waals surface area contributed by atoms with Crippen LogP contribution in [0, 0.1) is 5.41 Å². The second-order valence-corrected chi connectivity index (χ2v) is 20.2. The van der Waals surface area contributed by atoms with Crippen LogP contribution >= 0.6 is 11.3 Å². The van der Waals surface area contributed by atoms with Crippen molar-refractivity contribution in [1.82, 2.24) is 35.2 Å². The van der Waals surface area contributed by atoms with Gasteiger partial charge in [0.05, 0.1) is 46.7 Å². The molecule has 8 rings (SSSR count). The molecule has 7 heterocycles. The average Bonchev–Trinajstić information content (AvgIpc) is 3.85. The first-order valence-corrected chi connectivity index (χ1v) is 23.3. The Hall–Kier alpha value is -4.57. The number of carbonyl (C=O) groups is 3. The van der Waals surface area contributed by atoms with E-state index in [2.05, 4.69) is 77.1 Å². The second-order valence-electron chi connectivity index (χ2n) is 19.2. The standard InChI is InChI=1S/C47H64N8O6S/c1-9-54-39-16-15-30-21-33(39)35(42(54)34-22-32(25-48-41(34)29(2)59-8)53-20-19-52-17-11-10-13-31(52)26-53)24-47(6,7)28-60-44(57)36-14-12-18-55(51-36)43(56)37(23-40-49-38(30)27-62-40)50-45(58)61-46(3,4)5/h15-16,21-22,25,27,29,31,36-37,51H,9-14,17-20,23-24,26,28H2,1-8H3,(H,50,58)/t29-,31+,36-,37-/m0/s1. The number of rotatable bonds is 6. The maximum Gasteiger partial charge on any atom is 0.408 e. The largest absolute Gasteiger partial charge is 0.464 e. The molecule has 0 radical (unpaired) electrons. The molecule has 334 valence electrons. The number of cyclic esters (lactones) is 1. The SMILES string of the molecule is CCn1c(-c2cc(N3CCN4CCCC[C@@H]4C3)cnc2[C@H](C)OC)c2c3cc(ccc31)-c1csc(n1)C[C@H](NC(=O)OC(C)(C)C)C(=O)N1CCC[C@H](N1)C(=O)OCC(C)(C)C2.